The Hall–Kier alpha value is -0.860. The average molecular weight is 234 g/mol. The predicted molar refractivity (Wildman–Crippen MR) is 75.2 cm³/mol. The van der Waals surface area contributed by atoms with E-state index in [9.17, 15) is 0 Å². The van der Waals surface area contributed by atoms with E-state index < -0.39 is 0 Å². The van der Waals surface area contributed by atoms with Gasteiger partial charge in [-0.05, 0) is 64.4 Å². The number of rotatable bonds is 5. The van der Waals surface area contributed by atoms with Gasteiger partial charge in [0.15, 0.2) is 0 Å². The second-order valence-electron chi connectivity index (χ2n) is 5.38. The van der Waals surface area contributed by atoms with E-state index in [1.54, 1.807) is 0 Å². The Bertz CT molecular complexity index is 356. The molecule has 0 bridgehead atoms. The summed E-state index contributed by atoms with van der Waals surface area (Å²) in [5.41, 5.74) is 9.99. The van der Waals surface area contributed by atoms with E-state index in [2.05, 4.69) is 58.0 Å². The smallest absolute Gasteiger partial charge is 0.0342 e. The fourth-order valence-electron chi connectivity index (χ4n) is 2.12. The summed E-state index contributed by atoms with van der Waals surface area (Å²) in [6, 6.07) is 7.52. The normalized spacial score (nSPS) is 15.0. The first-order valence-corrected chi connectivity index (χ1v) is 6.41. The molecular formula is C15H26N2. The summed E-state index contributed by atoms with van der Waals surface area (Å²) >= 11 is 0. The number of hydrogen-bond donors (Lipinski definition) is 1. The van der Waals surface area contributed by atoms with Gasteiger partial charge in [-0.25, -0.2) is 0 Å². The molecule has 1 aromatic rings. The molecule has 1 rings (SSSR count). The second-order valence-corrected chi connectivity index (χ2v) is 5.38. The molecule has 0 aliphatic heterocycles. The minimum Gasteiger partial charge on any atom is -0.328 e. The van der Waals surface area contributed by atoms with Gasteiger partial charge in [-0.3, -0.25) is 0 Å². The molecule has 2 nitrogen and oxygen atoms in total. The molecule has 96 valence electrons. The number of benzene rings is 1. The first kappa shape index (κ1) is 14.2. The Morgan fingerprint density at radius 3 is 2.24 bits per heavy atom. The summed E-state index contributed by atoms with van der Waals surface area (Å²) in [5.74, 6) is 0. The molecule has 2 atom stereocenters. The van der Waals surface area contributed by atoms with Gasteiger partial charge in [0.2, 0.25) is 0 Å². The lowest BCUT2D eigenvalue weighted by molar-refractivity contribution is 0.275. The Kier molecular flexibility index (Phi) is 5.16. The number of nitrogens with two attached hydrogens (primary N) is 1. The monoisotopic (exact) mass is 234 g/mol. The highest BCUT2D eigenvalue weighted by Crippen LogP contribution is 2.25. The second kappa shape index (κ2) is 6.18. The van der Waals surface area contributed by atoms with E-state index in [0.29, 0.717) is 6.04 Å². The van der Waals surface area contributed by atoms with Crippen LogP contribution in [-0.4, -0.2) is 25.0 Å². The largest absolute Gasteiger partial charge is 0.328 e. The van der Waals surface area contributed by atoms with Gasteiger partial charge in [-0.2, -0.15) is 0 Å². The van der Waals surface area contributed by atoms with Crippen LogP contribution >= 0.6 is 0 Å². The highest BCUT2D eigenvalue weighted by Gasteiger charge is 2.15. The lowest BCUT2D eigenvalue weighted by Gasteiger charge is -2.26. The van der Waals surface area contributed by atoms with Crippen molar-refractivity contribution in [3.63, 3.8) is 0 Å². The lowest BCUT2D eigenvalue weighted by atomic mass is 9.96. The molecule has 0 heterocycles. The zero-order valence-corrected chi connectivity index (χ0v) is 11.8. The summed E-state index contributed by atoms with van der Waals surface area (Å²) in [7, 11) is 4.28. The summed E-state index contributed by atoms with van der Waals surface area (Å²) in [5, 5.41) is 0. The van der Waals surface area contributed by atoms with Crippen molar-refractivity contribution in [3.8, 4) is 0 Å². The zero-order valence-electron chi connectivity index (χ0n) is 11.8. The third-order valence-corrected chi connectivity index (χ3v) is 3.43. The summed E-state index contributed by atoms with van der Waals surface area (Å²) in [4.78, 5) is 2.28. The maximum Gasteiger partial charge on any atom is 0.0342 e. The van der Waals surface area contributed by atoms with Gasteiger partial charge in [-0.1, -0.05) is 18.2 Å². The van der Waals surface area contributed by atoms with Crippen LogP contribution in [0.2, 0.25) is 0 Å². The van der Waals surface area contributed by atoms with Crippen LogP contribution in [0.25, 0.3) is 0 Å². The van der Waals surface area contributed by atoms with Crippen LogP contribution in [0.5, 0.6) is 0 Å². The molecule has 0 spiro atoms. The predicted octanol–water partition coefficient (Wildman–Crippen LogP) is 3.03. The maximum atomic E-state index is 5.85. The molecule has 0 saturated heterocycles. The molecule has 2 N–H and O–H groups in total. The molecule has 1 aromatic carbocycles. The molecule has 0 aliphatic carbocycles. The van der Waals surface area contributed by atoms with E-state index in [0.717, 1.165) is 12.8 Å². The third-order valence-electron chi connectivity index (χ3n) is 3.43. The first-order chi connectivity index (χ1) is 7.91. The molecule has 2 heteroatoms. The van der Waals surface area contributed by atoms with E-state index in [-0.39, 0.29) is 6.04 Å². The van der Waals surface area contributed by atoms with E-state index in [1.807, 2.05) is 0 Å². The van der Waals surface area contributed by atoms with Gasteiger partial charge >= 0.3 is 0 Å². The van der Waals surface area contributed by atoms with Crippen molar-refractivity contribution in [2.45, 2.75) is 45.7 Å². The van der Waals surface area contributed by atoms with Crippen molar-refractivity contribution >= 4 is 0 Å². The molecule has 0 amide bonds. The van der Waals surface area contributed by atoms with E-state index in [1.165, 1.54) is 16.7 Å². The van der Waals surface area contributed by atoms with Gasteiger partial charge in [0.25, 0.3) is 0 Å². The molecule has 0 aliphatic rings. The molecular weight excluding hydrogens is 208 g/mol. The Morgan fingerprint density at radius 2 is 1.76 bits per heavy atom. The number of nitrogens with zero attached hydrogens (tertiary/aromatic N) is 1. The minimum absolute atomic E-state index is 0.281. The van der Waals surface area contributed by atoms with Crippen LogP contribution in [-0.2, 0) is 0 Å². The highest BCUT2D eigenvalue weighted by molar-refractivity contribution is 5.31. The van der Waals surface area contributed by atoms with Gasteiger partial charge < -0.3 is 10.6 Å². The topological polar surface area (TPSA) is 29.3 Å². The van der Waals surface area contributed by atoms with Crippen molar-refractivity contribution in [2.24, 2.45) is 5.73 Å². The molecule has 0 saturated carbocycles. The fraction of sp³-hybridized carbons (Fsp3) is 0.600. The number of hydrogen-bond acceptors (Lipinski definition) is 2. The van der Waals surface area contributed by atoms with Crippen molar-refractivity contribution in [1.29, 1.82) is 0 Å². The van der Waals surface area contributed by atoms with Crippen molar-refractivity contribution < 1.29 is 0 Å². The molecule has 0 aromatic heterocycles. The van der Waals surface area contributed by atoms with Gasteiger partial charge in [0, 0.05) is 12.1 Å². The molecule has 2 unspecified atom stereocenters. The van der Waals surface area contributed by atoms with Crippen LogP contribution in [0.15, 0.2) is 18.2 Å². The van der Waals surface area contributed by atoms with Gasteiger partial charge in [0.1, 0.15) is 0 Å². The molecule has 0 radical (unpaired) electrons. The highest BCUT2D eigenvalue weighted by atomic mass is 15.1. The molecule has 17 heavy (non-hydrogen) atoms. The number of aryl methyl sites for hydroxylation is 2. The quantitative estimate of drug-likeness (QED) is 0.848. The van der Waals surface area contributed by atoms with Crippen LogP contribution in [0.4, 0.5) is 0 Å². The van der Waals surface area contributed by atoms with Crippen LogP contribution in [0, 0.1) is 13.8 Å². The Labute approximate surface area is 106 Å². The van der Waals surface area contributed by atoms with Crippen molar-refractivity contribution in [1.82, 2.24) is 4.90 Å². The summed E-state index contributed by atoms with van der Waals surface area (Å²) in [6.45, 7) is 6.41. The SMILES string of the molecule is Cc1ccc(C(CCC(C)N)N(C)C)cc1C. The van der Waals surface area contributed by atoms with Crippen LogP contribution in [0.3, 0.4) is 0 Å². The minimum atomic E-state index is 0.281. The maximum absolute atomic E-state index is 5.85. The lowest BCUT2D eigenvalue weighted by Crippen LogP contribution is -2.23. The van der Waals surface area contributed by atoms with Crippen LogP contribution < -0.4 is 5.73 Å². The average Bonchev–Trinajstić information content (AvgIpc) is 2.22. The summed E-state index contributed by atoms with van der Waals surface area (Å²) < 4.78 is 0. The van der Waals surface area contributed by atoms with Crippen molar-refractivity contribution in [3.05, 3.63) is 34.9 Å². The van der Waals surface area contributed by atoms with Crippen molar-refractivity contribution in [2.75, 3.05) is 14.1 Å². The molecule has 0 fully saturated rings. The summed E-state index contributed by atoms with van der Waals surface area (Å²) in [6.07, 6.45) is 2.18. The zero-order chi connectivity index (χ0) is 13.0. The fourth-order valence-corrected chi connectivity index (χ4v) is 2.12. The standard InChI is InChI=1S/C15H26N2/c1-11-6-8-14(10-12(11)2)15(17(4)5)9-7-13(3)16/h6,8,10,13,15H,7,9,16H2,1-5H3. The van der Waals surface area contributed by atoms with Gasteiger partial charge in [-0.15, -0.1) is 0 Å². The van der Waals surface area contributed by atoms with E-state index in [4.69, 9.17) is 5.73 Å². The first-order valence-electron chi connectivity index (χ1n) is 6.41. The van der Waals surface area contributed by atoms with E-state index >= 15 is 0 Å². The van der Waals surface area contributed by atoms with Gasteiger partial charge in [0.05, 0.1) is 0 Å². The van der Waals surface area contributed by atoms with Crippen LogP contribution in [0.1, 0.15) is 42.5 Å². The third kappa shape index (κ3) is 4.14. The Morgan fingerprint density at radius 1 is 1.12 bits per heavy atom. The Balaban J connectivity index is 2.85.